The molecule has 1 saturated heterocycles. The molecule has 6 rings (SSSR count). The van der Waals surface area contributed by atoms with E-state index in [1.807, 2.05) is 31.1 Å². The number of aromatic amines is 1. The minimum absolute atomic E-state index is 0.0372. The maximum Gasteiger partial charge on any atom is 0.225 e. The molecular formula is C25H25N7. The van der Waals surface area contributed by atoms with Crippen LogP contribution >= 0.6 is 0 Å². The molecule has 0 saturated carbocycles. The Bertz CT molecular complexity index is 1430. The molecule has 7 heteroatoms. The second-order valence-corrected chi connectivity index (χ2v) is 9.42. The number of aromatic nitrogens is 6. The summed E-state index contributed by atoms with van der Waals surface area (Å²) in [4.78, 5) is 23.9. The first-order chi connectivity index (χ1) is 15.5. The van der Waals surface area contributed by atoms with Gasteiger partial charge in [0.05, 0.1) is 17.4 Å². The fourth-order valence-electron chi connectivity index (χ4n) is 4.26. The van der Waals surface area contributed by atoms with E-state index >= 15 is 0 Å². The van der Waals surface area contributed by atoms with Crippen LogP contribution in [0.4, 0.5) is 5.95 Å². The molecule has 5 aromatic rings. The molecule has 1 fully saturated rings. The van der Waals surface area contributed by atoms with Gasteiger partial charge in [-0.1, -0.05) is 6.07 Å². The first kappa shape index (κ1) is 19.0. The van der Waals surface area contributed by atoms with Crippen LogP contribution in [0.2, 0.25) is 0 Å². The molecule has 0 unspecified atom stereocenters. The maximum atomic E-state index is 4.66. The normalized spacial score (nSPS) is 14.3. The Balaban J connectivity index is 1.42. The van der Waals surface area contributed by atoms with Gasteiger partial charge in [0.25, 0.3) is 0 Å². The molecule has 0 atom stereocenters. The SMILES string of the molecule is CC(C)(C)n1cnc2ccc(-c3c[nH]c4ncc(-c5cnc(N6CCC6)nc5)cc34)cc21. The topological polar surface area (TPSA) is 75.5 Å². The number of imidazole rings is 1. The van der Waals surface area contributed by atoms with E-state index in [1.165, 1.54) is 6.42 Å². The third-order valence-electron chi connectivity index (χ3n) is 6.22. The third kappa shape index (κ3) is 3.04. The number of hydrogen-bond donors (Lipinski definition) is 1. The maximum absolute atomic E-state index is 4.66. The number of fused-ring (bicyclic) bond motifs is 2. The van der Waals surface area contributed by atoms with Crippen molar-refractivity contribution >= 4 is 28.0 Å². The van der Waals surface area contributed by atoms with Crippen LogP contribution in [0.3, 0.4) is 0 Å². The van der Waals surface area contributed by atoms with Crippen LogP contribution in [0.1, 0.15) is 27.2 Å². The molecule has 1 N–H and O–H groups in total. The Labute approximate surface area is 186 Å². The molecule has 0 amide bonds. The molecule has 160 valence electrons. The van der Waals surface area contributed by atoms with Crippen molar-refractivity contribution in [3.63, 3.8) is 0 Å². The zero-order valence-electron chi connectivity index (χ0n) is 18.5. The minimum Gasteiger partial charge on any atom is -0.346 e. The summed E-state index contributed by atoms with van der Waals surface area (Å²) in [5, 5.41) is 1.08. The van der Waals surface area contributed by atoms with E-state index in [1.54, 1.807) is 0 Å². The van der Waals surface area contributed by atoms with E-state index in [4.69, 9.17) is 0 Å². The monoisotopic (exact) mass is 423 g/mol. The summed E-state index contributed by atoms with van der Waals surface area (Å²) in [6, 6.07) is 8.60. The first-order valence-electron chi connectivity index (χ1n) is 11.0. The molecule has 7 nitrogen and oxygen atoms in total. The molecule has 0 bridgehead atoms. The summed E-state index contributed by atoms with van der Waals surface area (Å²) in [6.45, 7) is 8.66. The molecule has 1 aromatic carbocycles. The van der Waals surface area contributed by atoms with Crippen molar-refractivity contribution in [3.8, 4) is 22.3 Å². The predicted molar refractivity (Wildman–Crippen MR) is 128 cm³/mol. The zero-order chi connectivity index (χ0) is 21.9. The second-order valence-electron chi connectivity index (χ2n) is 9.42. The number of nitrogens with zero attached hydrogens (tertiary/aromatic N) is 6. The van der Waals surface area contributed by atoms with Gasteiger partial charge in [-0.25, -0.2) is 19.9 Å². The Hall–Kier alpha value is -3.74. The van der Waals surface area contributed by atoms with E-state index in [2.05, 4.69) is 79.4 Å². The van der Waals surface area contributed by atoms with E-state index in [9.17, 15) is 0 Å². The predicted octanol–water partition coefficient (Wildman–Crippen LogP) is 5.00. The van der Waals surface area contributed by atoms with Crippen molar-refractivity contribution in [1.29, 1.82) is 0 Å². The Morgan fingerprint density at radius 1 is 0.875 bits per heavy atom. The zero-order valence-corrected chi connectivity index (χ0v) is 18.5. The molecule has 4 aromatic heterocycles. The number of pyridine rings is 1. The smallest absolute Gasteiger partial charge is 0.225 e. The number of anilines is 1. The molecule has 1 aliphatic rings. The highest BCUT2D eigenvalue weighted by Gasteiger charge is 2.18. The van der Waals surface area contributed by atoms with Crippen molar-refractivity contribution in [3.05, 3.63) is 55.4 Å². The van der Waals surface area contributed by atoms with E-state index in [-0.39, 0.29) is 5.54 Å². The van der Waals surface area contributed by atoms with Gasteiger partial charge in [-0.3, -0.25) is 0 Å². The van der Waals surface area contributed by atoms with Gasteiger partial charge in [0.1, 0.15) is 5.65 Å². The molecule has 0 spiro atoms. The number of H-pyrrole nitrogens is 1. The summed E-state index contributed by atoms with van der Waals surface area (Å²) < 4.78 is 2.22. The number of benzene rings is 1. The van der Waals surface area contributed by atoms with Crippen molar-refractivity contribution < 1.29 is 0 Å². The first-order valence-corrected chi connectivity index (χ1v) is 11.0. The quantitative estimate of drug-likeness (QED) is 0.442. The second kappa shape index (κ2) is 6.88. The fraction of sp³-hybridized carbons (Fsp3) is 0.280. The van der Waals surface area contributed by atoms with Crippen LogP contribution in [0.25, 0.3) is 44.3 Å². The average Bonchev–Trinajstić information content (AvgIpc) is 3.36. The van der Waals surface area contributed by atoms with E-state index in [0.29, 0.717) is 0 Å². The molecule has 0 radical (unpaired) electrons. The Morgan fingerprint density at radius 2 is 1.66 bits per heavy atom. The fourth-order valence-corrected chi connectivity index (χ4v) is 4.26. The van der Waals surface area contributed by atoms with Crippen molar-refractivity contribution in [2.45, 2.75) is 32.7 Å². The van der Waals surface area contributed by atoms with Crippen LogP contribution in [-0.4, -0.2) is 42.6 Å². The lowest BCUT2D eigenvalue weighted by atomic mass is 10.0. The lowest BCUT2D eigenvalue weighted by molar-refractivity contribution is 0.408. The number of nitrogens with one attached hydrogen (secondary N) is 1. The Kier molecular flexibility index (Phi) is 4.08. The largest absolute Gasteiger partial charge is 0.346 e. The van der Waals surface area contributed by atoms with Crippen LogP contribution < -0.4 is 4.90 Å². The van der Waals surface area contributed by atoms with Gasteiger partial charge < -0.3 is 14.5 Å². The summed E-state index contributed by atoms with van der Waals surface area (Å²) in [7, 11) is 0. The van der Waals surface area contributed by atoms with Gasteiger partial charge in [-0.05, 0) is 51.0 Å². The lowest BCUT2D eigenvalue weighted by Crippen LogP contribution is -2.38. The molecule has 0 aliphatic carbocycles. The van der Waals surface area contributed by atoms with Crippen LogP contribution in [0.5, 0.6) is 0 Å². The third-order valence-corrected chi connectivity index (χ3v) is 6.22. The van der Waals surface area contributed by atoms with E-state index in [0.717, 1.165) is 63.4 Å². The van der Waals surface area contributed by atoms with Gasteiger partial charge in [0.2, 0.25) is 5.95 Å². The van der Waals surface area contributed by atoms with Crippen LogP contribution in [-0.2, 0) is 5.54 Å². The van der Waals surface area contributed by atoms with Gasteiger partial charge >= 0.3 is 0 Å². The van der Waals surface area contributed by atoms with Gasteiger partial charge in [0, 0.05) is 65.5 Å². The molecule has 5 heterocycles. The summed E-state index contributed by atoms with van der Waals surface area (Å²) in [6.07, 6.45) is 10.8. The highest BCUT2D eigenvalue weighted by Crippen LogP contribution is 2.33. The standard InChI is InChI=1S/C25H25N7/c1-25(2,3)32-15-30-21-6-5-16(10-22(21)32)20-14-27-23-19(20)9-17(11-26-23)18-12-28-24(29-13-18)31-7-4-8-31/h5-6,9-15H,4,7-8H2,1-3H3,(H,26,27). The number of hydrogen-bond acceptors (Lipinski definition) is 5. The summed E-state index contributed by atoms with van der Waals surface area (Å²) in [5.41, 5.74) is 7.20. The Morgan fingerprint density at radius 3 is 2.38 bits per heavy atom. The highest BCUT2D eigenvalue weighted by atomic mass is 15.3. The van der Waals surface area contributed by atoms with Gasteiger partial charge in [-0.2, -0.15) is 0 Å². The molecule has 1 aliphatic heterocycles. The van der Waals surface area contributed by atoms with Gasteiger partial charge in [0.15, 0.2) is 0 Å². The van der Waals surface area contributed by atoms with E-state index < -0.39 is 0 Å². The van der Waals surface area contributed by atoms with Crippen molar-refractivity contribution in [1.82, 2.24) is 29.5 Å². The van der Waals surface area contributed by atoms with Gasteiger partial charge in [-0.15, -0.1) is 0 Å². The van der Waals surface area contributed by atoms with Crippen molar-refractivity contribution in [2.75, 3.05) is 18.0 Å². The summed E-state index contributed by atoms with van der Waals surface area (Å²) >= 11 is 0. The molecule has 32 heavy (non-hydrogen) atoms. The van der Waals surface area contributed by atoms with Crippen LogP contribution in [0, 0.1) is 0 Å². The lowest BCUT2D eigenvalue weighted by Gasteiger charge is -2.30. The highest BCUT2D eigenvalue weighted by molar-refractivity contribution is 5.97. The number of rotatable bonds is 3. The summed E-state index contributed by atoms with van der Waals surface area (Å²) in [5.74, 6) is 0.806. The van der Waals surface area contributed by atoms with Crippen LogP contribution in [0.15, 0.2) is 55.4 Å². The molecular weight excluding hydrogens is 398 g/mol. The van der Waals surface area contributed by atoms with Crippen molar-refractivity contribution in [2.24, 2.45) is 0 Å². The minimum atomic E-state index is -0.0372. The average molecular weight is 424 g/mol.